The Bertz CT molecular complexity index is 991. The predicted octanol–water partition coefficient (Wildman–Crippen LogP) is 7.71. The summed E-state index contributed by atoms with van der Waals surface area (Å²) in [4.78, 5) is 14.8. The van der Waals surface area contributed by atoms with Crippen LogP contribution in [0, 0.1) is 0 Å². The van der Waals surface area contributed by atoms with Crippen LogP contribution in [0.25, 0.3) is 6.08 Å². The summed E-state index contributed by atoms with van der Waals surface area (Å²) in [6.07, 6.45) is 2.70. The van der Waals surface area contributed by atoms with Crippen LogP contribution in [0.5, 0.6) is 5.75 Å². The molecule has 0 unspecified atom stereocenters. The van der Waals surface area contributed by atoms with Crippen molar-refractivity contribution in [3.05, 3.63) is 65.4 Å². The average Bonchev–Trinajstić information content (AvgIpc) is 2.90. The van der Waals surface area contributed by atoms with Crippen molar-refractivity contribution < 1.29 is 9.53 Å². The van der Waals surface area contributed by atoms with E-state index in [-0.39, 0.29) is 5.91 Å². The lowest BCUT2D eigenvalue weighted by Crippen LogP contribution is -2.28. The molecule has 152 valence electrons. The Kier molecular flexibility index (Phi) is 8.09. The quantitative estimate of drug-likeness (QED) is 0.253. The van der Waals surface area contributed by atoms with Gasteiger partial charge in [-0.1, -0.05) is 60.2 Å². The molecule has 3 rings (SSSR count). The van der Waals surface area contributed by atoms with Gasteiger partial charge in [0.1, 0.15) is 16.7 Å². The minimum Gasteiger partial charge on any atom is -0.486 e. The van der Waals surface area contributed by atoms with Crippen molar-refractivity contribution in [2.75, 3.05) is 6.54 Å². The van der Waals surface area contributed by atoms with Crippen molar-refractivity contribution in [3.8, 4) is 5.75 Å². The van der Waals surface area contributed by atoms with Crippen molar-refractivity contribution >= 4 is 95.3 Å². The van der Waals surface area contributed by atoms with Gasteiger partial charge < -0.3 is 4.74 Å². The summed E-state index contributed by atoms with van der Waals surface area (Å²) >= 11 is 25.9. The molecule has 0 saturated carbocycles. The molecule has 1 fully saturated rings. The van der Waals surface area contributed by atoms with Gasteiger partial charge in [0.05, 0.1) is 13.9 Å². The maximum Gasteiger partial charge on any atom is 0.266 e. The molecule has 0 radical (unpaired) electrons. The predicted molar refractivity (Wildman–Crippen MR) is 133 cm³/mol. The standard InChI is InChI=1S/C20H15Br2Cl2NO2S2/c1-2-5-25-19(26)17(29-20(25)28)8-11-6-14(21)18(15(22)7-11)27-10-12-3-4-13(23)9-16(12)24/h3-4,6-9H,2,5,10H2,1H3/b17-8-. The van der Waals surface area contributed by atoms with Crippen LogP contribution in [0.3, 0.4) is 0 Å². The summed E-state index contributed by atoms with van der Waals surface area (Å²) in [6.45, 7) is 2.95. The number of ether oxygens (including phenoxy) is 1. The van der Waals surface area contributed by atoms with Crippen LogP contribution in [0.4, 0.5) is 0 Å². The van der Waals surface area contributed by atoms with Crippen LogP contribution in [-0.4, -0.2) is 21.7 Å². The molecule has 0 spiro atoms. The SMILES string of the molecule is CCCN1C(=O)/C(=C/c2cc(Br)c(OCc3ccc(Cl)cc3Cl)c(Br)c2)SC1=S. The van der Waals surface area contributed by atoms with Crippen LogP contribution in [-0.2, 0) is 11.4 Å². The maximum atomic E-state index is 12.5. The third kappa shape index (κ3) is 5.57. The van der Waals surface area contributed by atoms with E-state index in [1.165, 1.54) is 11.8 Å². The molecule has 0 aromatic heterocycles. The summed E-state index contributed by atoms with van der Waals surface area (Å²) < 4.78 is 8.05. The number of thioether (sulfide) groups is 1. The highest BCUT2D eigenvalue weighted by Gasteiger charge is 2.31. The number of halogens is 4. The monoisotopic (exact) mass is 593 g/mol. The minimum absolute atomic E-state index is 0.0493. The number of carbonyl (C=O) groups is 1. The largest absolute Gasteiger partial charge is 0.486 e. The fourth-order valence-electron chi connectivity index (χ4n) is 2.66. The zero-order chi connectivity index (χ0) is 21.1. The highest BCUT2D eigenvalue weighted by molar-refractivity contribution is 9.11. The van der Waals surface area contributed by atoms with Crippen molar-refractivity contribution in [3.63, 3.8) is 0 Å². The second kappa shape index (κ2) is 10.2. The van der Waals surface area contributed by atoms with E-state index in [0.717, 1.165) is 26.5 Å². The van der Waals surface area contributed by atoms with Gasteiger partial charge in [-0.25, -0.2) is 0 Å². The van der Waals surface area contributed by atoms with Gasteiger partial charge in [0, 0.05) is 22.2 Å². The van der Waals surface area contributed by atoms with Gasteiger partial charge in [-0.15, -0.1) is 0 Å². The summed E-state index contributed by atoms with van der Waals surface area (Å²) in [7, 11) is 0. The Morgan fingerprint density at radius 1 is 1.21 bits per heavy atom. The first kappa shape index (κ1) is 23.1. The van der Waals surface area contributed by atoms with Gasteiger partial charge >= 0.3 is 0 Å². The first-order valence-electron chi connectivity index (χ1n) is 8.61. The van der Waals surface area contributed by atoms with E-state index in [1.54, 1.807) is 17.0 Å². The van der Waals surface area contributed by atoms with E-state index >= 15 is 0 Å². The molecule has 2 aromatic rings. The zero-order valence-corrected chi connectivity index (χ0v) is 21.5. The highest BCUT2D eigenvalue weighted by atomic mass is 79.9. The molecule has 1 aliphatic heterocycles. The Labute approximate surface area is 206 Å². The minimum atomic E-state index is -0.0493. The number of thiocarbonyl (C=S) groups is 1. The molecule has 9 heteroatoms. The van der Waals surface area contributed by atoms with Gasteiger partial charge in [0.25, 0.3) is 5.91 Å². The fraction of sp³-hybridized carbons (Fsp3) is 0.200. The molecular formula is C20H15Br2Cl2NO2S2. The summed E-state index contributed by atoms with van der Waals surface area (Å²) in [5.74, 6) is 0.596. The molecule has 29 heavy (non-hydrogen) atoms. The summed E-state index contributed by atoms with van der Waals surface area (Å²) in [5, 5.41) is 1.13. The Morgan fingerprint density at radius 3 is 2.52 bits per heavy atom. The number of nitrogens with zero attached hydrogens (tertiary/aromatic N) is 1. The average molecular weight is 596 g/mol. The molecule has 1 amide bonds. The van der Waals surface area contributed by atoms with Gasteiger partial charge in [-0.2, -0.15) is 0 Å². The van der Waals surface area contributed by atoms with Crippen LogP contribution in [0.15, 0.2) is 44.2 Å². The van der Waals surface area contributed by atoms with E-state index in [9.17, 15) is 4.79 Å². The van der Waals surface area contributed by atoms with Crippen LogP contribution in [0.1, 0.15) is 24.5 Å². The lowest BCUT2D eigenvalue weighted by atomic mass is 10.2. The van der Waals surface area contributed by atoms with Crippen molar-refractivity contribution in [1.82, 2.24) is 4.90 Å². The fourth-order valence-corrected chi connectivity index (χ4v) is 5.88. The van der Waals surface area contributed by atoms with E-state index < -0.39 is 0 Å². The molecule has 0 aliphatic carbocycles. The summed E-state index contributed by atoms with van der Waals surface area (Å²) in [5.41, 5.74) is 1.69. The van der Waals surface area contributed by atoms with Crippen LogP contribution in [0.2, 0.25) is 10.0 Å². The number of amides is 1. The summed E-state index contributed by atoms with van der Waals surface area (Å²) in [6, 6.07) is 9.09. The van der Waals surface area contributed by atoms with Gasteiger partial charge in [-0.3, -0.25) is 9.69 Å². The van der Waals surface area contributed by atoms with Crippen LogP contribution < -0.4 is 4.74 Å². The van der Waals surface area contributed by atoms with E-state index in [1.807, 2.05) is 31.2 Å². The lowest BCUT2D eigenvalue weighted by molar-refractivity contribution is -0.122. The molecule has 1 saturated heterocycles. The first-order valence-corrected chi connectivity index (χ1v) is 12.2. The number of hydrogen-bond donors (Lipinski definition) is 0. The number of hydrogen-bond acceptors (Lipinski definition) is 4. The first-order chi connectivity index (χ1) is 13.8. The lowest BCUT2D eigenvalue weighted by Gasteiger charge is -2.13. The second-order valence-electron chi connectivity index (χ2n) is 6.17. The zero-order valence-electron chi connectivity index (χ0n) is 15.2. The van der Waals surface area contributed by atoms with E-state index in [0.29, 0.717) is 38.2 Å². The third-order valence-electron chi connectivity index (χ3n) is 4.03. The van der Waals surface area contributed by atoms with Crippen LogP contribution >= 0.6 is 79.0 Å². The number of rotatable bonds is 6. The molecule has 3 nitrogen and oxygen atoms in total. The Hall–Kier alpha value is -0.570. The van der Waals surface area contributed by atoms with Crippen molar-refractivity contribution in [1.29, 1.82) is 0 Å². The highest BCUT2D eigenvalue weighted by Crippen LogP contribution is 2.38. The smallest absolute Gasteiger partial charge is 0.266 e. The number of benzene rings is 2. The van der Waals surface area contributed by atoms with E-state index in [4.69, 9.17) is 40.2 Å². The Balaban J connectivity index is 1.79. The normalized spacial score (nSPS) is 15.5. The second-order valence-corrected chi connectivity index (χ2v) is 10.4. The van der Waals surface area contributed by atoms with Crippen molar-refractivity contribution in [2.45, 2.75) is 20.0 Å². The maximum absolute atomic E-state index is 12.5. The number of carbonyl (C=O) groups excluding carboxylic acids is 1. The van der Waals surface area contributed by atoms with Gasteiger partial charge in [0.2, 0.25) is 0 Å². The molecular weight excluding hydrogens is 581 g/mol. The molecule has 2 aromatic carbocycles. The Morgan fingerprint density at radius 2 is 1.90 bits per heavy atom. The van der Waals surface area contributed by atoms with Gasteiger partial charge in [0.15, 0.2) is 0 Å². The van der Waals surface area contributed by atoms with Crippen molar-refractivity contribution in [2.24, 2.45) is 0 Å². The topological polar surface area (TPSA) is 29.5 Å². The molecule has 0 bridgehead atoms. The van der Waals surface area contributed by atoms with E-state index in [2.05, 4.69) is 31.9 Å². The molecule has 0 atom stereocenters. The molecule has 1 aliphatic rings. The van der Waals surface area contributed by atoms with Gasteiger partial charge in [-0.05, 0) is 74.2 Å². The third-order valence-corrected chi connectivity index (χ3v) is 7.17. The molecule has 0 N–H and O–H groups in total. The molecule has 1 heterocycles.